The van der Waals surface area contributed by atoms with Gasteiger partial charge < -0.3 is 9.47 Å². The van der Waals surface area contributed by atoms with Crippen LogP contribution in [0.15, 0.2) is 77.7 Å². The zero-order valence-electron chi connectivity index (χ0n) is 19.2. The number of benzene rings is 3. The molecular formula is C26H29NO5S. The van der Waals surface area contributed by atoms with Crippen molar-refractivity contribution < 1.29 is 22.7 Å². The number of rotatable bonds is 10. The molecule has 0 atom stereocenters. The lowest BCUT2D eigenvalue weighted by Crippen LogP contribution is -2.37. The Morgan fingerprint density at radius 1 is 0.909 bits per heavy atom. The molecule has 0 aliphatic heterocycles. The van der Waals surface area contributed by atoms with Crippen molar-refractivity contribution in [1.82, 2.24) is 0 Å². The van der Waals surface area contributed by atoms with Crippen LogP contribution in [0, 0.1) is 13.8 Å². The Labute approximate surface area is 195 Å². The number of ether oxygens (including phenoxy) is 2. The molecule has 0 spiro atoms. The minimum atomic E-state index is -4.08. The molecule has 33 heavy (non-hydrogen) atoms. The largest absolute Gasteiger partial charge is 0.494 e. The zero-order chi connectivity index (χ0) is 23.8. The van der Waals surface area contributed by atoms with Gasteiger partial charge in [0.25, 0.3) is 10.0 Å². The van der Waals surface area contributed by atoms with Crippen molar-refractivity contribution in [1.29, 1.82) is 0 Å². The molecule has 7 heteroatoms. The highest BCUT2D eigenvalue weighted by atomic mass is 32.2. The molecule has 3 rings (SSSR count). The van der Waals surface area contributed by atoms with Crippen LogP contribution in [0.25, 0.3) is 0 Å². The second kappa shape index (κ2) is 11.0. The Balaban J connectivity index is 1.77. The van der Waals surface area contributed by atoms with Gasteiger partial charge in [0, 0.05) is 6.42 Å². The van der Waals surface area contributed by atoms with Gasteiger partial charge in [0.1, 0.15) is 11.5 Å². The van der Waals surface area contributed by atoms with Crippen molar-refractivity contribution in [3.63, 3.8) is 0 Å². The summed E-state index contributed by atoms with van der Waals surface area (Å²) in [6.45, 7) is 6.64. The molecule has 3 aromatic carbocycles. The molecule has 0 radical (unpaired) electrons. The van der Waals surface area contributed by atoms with E-state index in [-0.39, 0.29) is 17.0 Å². The third kappa shape index (κ3) is 6.14. The standard InChI is InChI=1S/C26H29NO5S/c1-4-31-23-15-13-22(14-16-23)27(33(29,30)24-9-6-5-7-10-24)26(28)11-8-18-32-25-17-12-20(2)19-21(25)3/h5-7,9-10,12-17,19H,4,8,11,18H2,1-3H3. The van der Waals surface area contributed by atoms with Gasteiger partial charge in [-0.25, -0.2) is 12.7 Å². The smallest absolute Gasteiger partial charge is 0.270 e. The Kier molecular flexibility index (Phi) is 8.11. The van der Waals surface area contributed by atoms with Gasteiger partial charge in [0.2, 0.25) is 5.91 Å². The van der Waals surface area contributed by atoms with E-state index in [4.69, 9.17) is 9.47 Å². The van der Waals surface area contributed by atoms with Crippen LogP contribution in [-0.4, -0.2) is 27.5 Å². The van der Waals surface area contributed by atoms with Gasteiger partial charge in [-0.15, -0.1) is 0 Å². The molecule has 174 valence electrons. The predicted molar refractivity (Wildman–Crippen MR) is 129 cm³/mol. The van der Waals surface area contributed by atoms with Crippen LogP contribution in [0.5, 0.6) is 11.5 Å². The maximum Gasteiger partial charge on any atom is 0.270 e. The van der Waals surface area contributed by atoms with Crippen LogP contribution >= 0.6 is 0 Å². The minimum absolute atomic E-state index is 0.0180. The molecule has 0 unspecified atom stereocenters. The lowest BCUT2D eigenvalue weighted by atomic mass is 10.1. The van der Waals surface area contributed by atoms with Crippen molar-refractivity contribution in [2.45, 2.75) is 38.5 Å². The first kappa shape index (κ1) is 24.3. The Morgan fingerprint density at radius 2 is 1.61 bits per heavy atom. The molecule has 0 N–H and O–H groups in total. The highest BCUT2D eigenvalue weighted by molar-refractivity contribution is 7.93. The summed E-state index contributed by atoms with van der Waals surface area (Å²) in [5.41, 5.74) is 2.43. The molecule has 0 saturated carbocycles. The van der Waals surface area contributed by atoms with Crippen LogP contribution in [0.1, 0.15) is 30.9 Å². The molecule has 3 aromatic rings. The number of amides is 1. The van der Waals surface area contributed by atoms with Crippen molar-refractivity contribution >= 4 is 21.6 Å². The van der Waals surface area contributed by atoms with E-state index in [1.54, 1.807) is 42.5 Å². The number of hydrogen-bond donors (Lipinski definition) is 0. The summed E-state index contributed by atoms with van der Waals surface area (Å²) in [5, 5.41) is 0. The first-order valence-corrected chi connectivity index (χ1v) is 12.3. The summed E-state index contributed by atoms with van der Waals surface area (Å²) in [6.07, 6.45) is 0.397. The van der Waals surface area contributed by atoms with E-state index in [2.05, 4.69) is 0 Å². The van der Waals surface area contributed by atoms with Gasteiger partial charge in [-0.1, -0.05) is 35.9 Å². The number of anilines is 1. The number of hydrogen-bond acceptors (Lipinski definition) is 5. The molecular weight excluding hydrogens is 438 g/mol. The third-order valence-electron chi connectivity index (χ3n) is 5.01. The summed E-state index contributed by atoms with van der Waals surface area (Å²) in [4.78, 5) is 13.2. The quantitative estimate of drug-likeness (QED) is 0.379. The van der Waals surface area contributed by atoms with E-state index in [1.807, 2.05) is 39.0 Å². The SMILES string of the molecule is CCOc1ccc(N(C(=O)CCCOc2ccc(C)cc2C)S(=O)(=O)c2ccccc2)cc1. The summed E-state index contributed by atoms with van der Waals surface area (Å²) >= 11 is 0. The summed E-state index contributed by atoms with van der Waals surface area (Å²) < 4.78 is 38.8. The van der Waals surface area contributed by atoms with E-state index in [0.29, 0.717) is 25.4 Å². The molecule has 1 amide bonds. The van der Waals surface area contributed by atoms with Gasteiger partial charge in [0.05, 0.1) is 23.8 Å². The highest BCUT2D eigenvalue weighted by Crippen LogP contribution is 2.27. The molecule has 0 aliphatic carbocycles. The Morgan fingerprint density at radius 3 is 2.24 bits per heavy atom. The molecule has 0 bridgehead atoms. The molecule has 6 nitrogen and oxygen atoms in total. The van der Waals surface area contributed by atoms with Crippen LogP contribution < -0.4 is 13.8 Å². The minimum Gasteiger partial charge on any atom is -0.494 e. The van der Waals surface area contributed by atoms with Gasteiger partial charge in [-0.05, 0) is 75.2 Å². The summed E-state index contributed by atoms with van der Waals surface area (Å²) in [5.74, 6) is 0.841. The van der Waals surface area contributed by atoms with E-state index in [0.717, 1.165) is 21.2 Å². The van der Waals surface area contributed by atoms with Crippen molar-refractivity contribution in [2.75, 3.05) is 17.5 Å². The lowest BCUT2D eigenvalue weighted by Gasteiger charge is -2.23. The second-order valence-corrected chi connectivity index (χ2v) is 9.41. The normalized spacial score (nSPS) is 11.1. The number of nitrogens with zero attached hydrogens (tertiary/aromatic N) is 1. The van der Waals surface area contributed by atoms with Crippen molar-refractivity contribution in [2.24, 2.45) is 0 Å². The highest BCUT2D eigenvalue weighted by Gasteiger charge is 2.30. The molecule has 0 aromatic heterocycles. The Hall–Kier alpha value is -3.32. The molecule has 0 saturated heterocycles. The van der Waals surface area contributed by atoms with Crippen LogP contribution in [0.2, 0.25) is 0 Å². The van der Waals surface area contributed by atoms with E-state index in [9.17, 15) is 13.2 Å². The van der Waals surface area contributed by atoms with Crippen molar-refractivity contribution in [3.8, 4) is 11.5 Å². The number of aryl methyl sites for hydroxylation is 2. The zero-order valence-corrected chi connectivity index (χ0v) is 20.0. The van der Waals surface area contributed by atoms with E-state index < -0.39 is 15.9 Å². The average Bonchev–Trinajstić information content (AvgIpc) is 2.80. The Bertz CT molecular complexity index is 1180. The van der Waals surface area contributed by atoms with Crippen LogP contribution in [0.3, 0.4) is 0 Å². The van der Waals surface area contributed by atoms with Gasteiger partial charge >= 0.3 is 0 Å². The number of sulfonamides is 1. The maximum atomic E-state index is 13.4. The monoisotopic (exact) mass is 467 g/mol. The first-order chi connectivity index (χ1) is 15.8. The third-order valence-corrected chi connectivity index (χ3v) is 6.78. The maximum absolute atomic E-state index is 13.4. The number of carbonyl (C=O) groups excluding carboxylic acids is 1. The van der Waals surface area contributed by atoms with E-state index in [1.165, 1.54) is 12.1 Å². The molecule has 0 aliphatic rings. The van der Waals surface area contributed by atoms with E-state index >= 15 is 0 Å². The van der Waals surface area contributed by atoms with Crippen LogP contribution in [0.4, 0.5) is 5.69 Å². The topological polar surface area (TPSA) is 72.9 Å². The predicted octanol–water partition coefficient (Wildman–Crippen LogP) is 5.28. The summed E-state index contributed by atoms with van der Waals surface area (Å²) in [6, 6.07) is 20.3. The fourth-order valence-electron chi connectivity index (χ4n) is 3.43. The first-order valence-electron chi connectivity index (χ1n) is 10.9. The van der Waals surface area contributed by atoms with Crippen LogP contribution in [-0.2, 0) is 14.8 Å². The average molecular weight is 468 g/mol. The second-order valence-electron chi connectivity index (χ2n) is 7.62. The summed E-state index contributed by atoms with van der Waals surface area (Å²) in [7, 11) is -4.08. The molecule has 0 heterocycles. The van der Waals surface area contributed by atoms with Gasteiger partial charge in [-0.3, -0.25) is 4.79 Å². The fraction of sp³-hybridized carbons (Fsp3) is 0.269. The van der Waals surface area contributed by atoms with Gasteiger partial charge in [-0.2, -0.15) is 0 Å². The molecule has 0 fully saturated rings. The van der Waals surface area contributed by atoms with Crippen molar-refractivity contribution in [3.05, 3.63) is 83.9 Å². The number of carbonyl (C=O) groups is 1. The lowest BCUT2D eigenvalue weighted by molar-refractivity contribution is -0.117. The van der Waals surface area contributed by atoms with Gasteiger partial charge in [0.15, 0.2) is 0 Å². The fourth-order valence-corrected chi connectivity index (χ4v) is 4.90.